The summed E-state index contributed by atoms with van der Waals surface area (Å²) in [5, 5.41) is 0. The minimum absolute atomic E-state index is 0.0257. The Morgan fingerprint density at radius 3 is 2.63 bits per heavy atom. The zero-order chi connectivity index (χ0) is 14.0. The molecule has 2 rings (SSSR count). The van der Waals surface area contributed by atoms with E-state index in [0.717, 1.165) is 20.9 Å². The van der Waals surface area contributed by atoms with E-state index in [4.69, 9.17) is 0 Å². The molecule has 2 aromatic rings. The molecule has 0 saturated heterocycles. The molecule has 0 saturated carbocycles. The van der Waals surface area contributed by atoms with E-state index in [1.54, 1.807) is 29.5 Å². The molecule has 1 nitrogen and oxygen atoms in total. The number of carbonyl (C=O) groups excluding carboxylic acids is 1. The van der Waals surface area contributed by atoms with Gasteiger partial charge in [0.25, 0.3) is 0 Å². The lowest BCUT2D eigenvalue weighted by Gasteiger charge is -1.97. The average Bonchev–Trinajstić information content (AvgIpc) is 2.70. The highest BCUT2D eigenvalue weighted by Crippen LogP contribution is 2.22. The van der Waals surface area contributed by atoms with Gasteiger partial charge >= 0.3 is 0 Å². The SMILES string of the molecule is Cc1cc(C(=O)/C=C/c2ccc(F)c(Br)c2)c(C)s1. The molecular weight excluding hydrogens is 327 g/mol. The summed E-state index contributed by atoms with van der Waals surface area (Å²) in [6.45, 7) is 3.92. The van der Waals surface area contributed by atoms with Crippen molar-refractivity contribution < 1.29 is 9.18 Å². The van der Waals surface area contributed by atoms with E-state index in [1.807, 2.05) is 19.9 Å². The average molecular weight is 339 g/mol. The van der Waals surface area contributed by atoms with Gasteiger partial charge in [-0.05, 0) is 59.6 Å². The van der Waals surface area contributed by atoms with E-state index in [9.17, 15) is 9.18 Å². The summed E-state index contributed by atoms with van der Waals surface area (Å²) in [6.07, 6.45) is 3.22. The summed E-state index contributed by atoms with van der Waals surface area (Å²) in [5.41, 5.74) is 1.52. The molecule has 0 bridgehead atoms. The van der Waals surface area contributed by atoms with E-state index in [0.29, 0.717) is 4.47 Å². The first-order valence-corrected chi connectivity index (χ1v) is 7.33. The highest BCUT2D eigenvalue weighted by molar-refractivity contribution is 9.10. The molecule has 0 radical (unpaired) electrons. The van der Waals surface area contributed by atoms with Crippen LogP contribution in [0.15, 0.2) is 34.8 Å². The third-order valence-electron chi connectivity index (χ3n) is 2.68. The molecule has 0 spiro atoms. The first kappa shape index (κ1) is 14.2. The van der Waals surface area contributed by atoms with Gasteiger partial charge in [0, 0.05) is 15.3 Å². The molecule has 4 heteroatoms. The van der Waals surface area contributed by atoms with Crippen molar-refractivity contribution in [1.82, 2.24) is 0 Å². The van der Waals surface area contributed by atoms with Crippen LogP contribution in [0.25, 0.3) is 6.08 Å². The Morgan fingerprint density at radius 2 is 2.05 bits per heavy atom. The van der Waals surface area contributed by atoms with Crippen LogP contribution in [0.4, 0.5) is 4.39 Å². The molecule has 0 N–H and O–H groups in total. The predicted octanol–water partition coefficient (Wildman–Crippen LogP) is 5.16. The molecule has 1 aromatic heterocycles. The van der Waals surface area contributed by atoms with Gasteiger partial charge in [-0.1, -0.05) is 12.1 Å². The maximum atomic E-state index is 13.1. The van der Waals surface area contributed by atoms with Crippen molar-refractivity contribution in [2.24, 2.45) is 0 Å². The number of allylic oxidation sites excluding steroid dienone is 1. The molecule has 0 fully saturated rings. The predicted molar refractivity (Wildman–Crippen MR) is 81.3 cm³/mol. The number of aryl methyl sites for hydroxylation is 2. The van der Waals surface area contributed by atoms with Gasteiger partial charge in [0.05, 0.1) is 4.47 Å². The Bertz CT molecular complexity index is 658. The van der Waals surface area contributed by atoms with Crippen LogP contribution in [0.1, 0.15) is 25.7 Å². The zero-order valence-corrected chi connectivity index (χ0v) is 12.9. The van der Waals surface area contributed by atoms with Crippen LogP contribution in [0, 0.1) is 19.7 Å². The first-order chi connectivity index (χ1) is 8.97. The second kappa shape index (κ2) is 5.80. The summed E-state index contributed by atoms with van der Waals surface area (Å²) < 4.78 is 13.5. The lowest BCUT2D eigenvalue weighted by atomic mass is 10.1. The molecule has 0 aliphatic heterocycles. The van der Waals surface area contributed by atoms with Crippen LogP contribution in [-0.2, 0) is 0 Å². The minimum Gasteiger partial charge on any atom is -0.289 e. The molecular formula is C15H12BrFOS. The number of halogens is 2. The zero-order valence-electron chi connectivity index (χ0n) is 10.5. The van der Waals surface area contributed by atoms with Gasteiger partial charge in [-0.25, -0.2) is 4.39 Å². The standard InChI is InChI=1S/C15H12BrFOS/c1-9-7-12(10(2)19-9)15(18)6-4-11-3-5-14(17)13(16)8-11/h3-8H,1-2H3/b6-4+. The van der Waals surface area contributed by atoms with Gasteiger partial charge in [0.2, 0.25) is 0 Å². The van der Waals surface area contributed by atoms with E-state index in [2.05, 4.69) is 15.9 Å². The highest BCUT2D eigenvalue weighted by Gasteiger charge is 2.08. The van der Waals surface area contributed by atoms with Crippen LogP contribution < -0.4 is 0 Å². The van der Waals surface area contributed by atoms with Crippen molar-refractivity contribution >= 4 is 39.1 Å². The topological polar surface area (TPSA) is 17.1 Å². The summed E-state index contributed by atoms with van der Waals surface area (Å²) in [6, 6.07) is 6.54. The molecule has 1 aromatic carbocycles. The first-order valence-electron chi connectivity index (χ1n) is 5.72. The van der Waals surface area contributed by atoms with Crippen molar-refractivity contribution in [2.75, 3.05) is 0 Å². The van der Waals surface area contributed by atoms with Crippen LogP contribution in [-0.4, -0.2) is 5.78 Å². The van der Waals surface area contributed by atoms with Gasteiger partial charge in [0.1, 0.15) is 5.82 Å². The lowest BCUT2D eigenvalue weighted by Crippen LogP contribution is -1.93. The summed E-state index contributed by atoms with van der Waals surface area (Å²) in [5.74, 6) is -0.338. The Kier molecular flexibility index (Phi) is 4.32. The minimum atomic E-state index is -0.312. The molecule has 98 valence electrons. The molecule has 0 aliphatic carbocycles. The number of carbonyl (C=O) groups is 1. The third kappa shape index (κ3) is 3.39. The van der Waals surface area contributed by atoms with Gasteiger partial charge in [-0.3, -0.25) is 4.79 Å². The number of hydrogen-bond acceptors (Lipinski definition) is 2. The number of thiophene rings is 1. The number of rotatable bonds is 3. The van der Waals surface area contributed by atoms with Gasteiger partial charge in [0.15, 0.2) is 5.78 Å². The lowest BCUT2D eigenvalue weighted by molar-refractivity contribution is 0.104. The Hall–Kier alpha value is -1.26. The van der Waals surface area contributed by atoms with E-state index >= 15 is 0 Å². The monoisotopic (exact) mass is 338 g/mol. The largest absolute Gasteiger partial charge is 0.289 e. The van der Waals surface area contributed by atoms with E-state index < -0.39 is 0 Å². The van der Waals surface area contributed by atoms with Crippen molar-refractivity contribution in [2.45, 2.75) is 13.8 Å². The second-order valence-electron chi connectivity index (χ2n) is 4.20. The van der Waals surface area contributed by atoms with Crippen LogP contribution in [0.2, 0.25) is 0 Å². The molecule has 0 amide bonds. The molecule has 0 unspecified atom stereocenters. The molecule has 0 aliphatic rings. The summed E-state index contributed by atoms with van der Waals surface area (Å²) >= 11 is 4.73. The fourth-order valence-corrected chi connectivity index (χ4v) is 3.08. The number of hydrogen-bond donors (Lipinski definition) is 0. The Labute approximate surface area is 123 Å². The fourth-order valence-electron chi connectivity index (χ4n) is 1.75. The van der Waals surface area contributed by atoms with Crippen LogP contribution in [0.3, 0.4) is 0 Å². The quantitative estimate of drug-likeness (QED) is 0.557. The van der Waals surface area contributed by atoms with Crippen molar-refractivity contribution in [1.29, 1.82) is 0 Å². The smallest absolute Gasteiger partial charge is 0.186 e. The number of ketones is 1. The van der Waals surface area contributed by atoms with Gasteiger partial charge in [-0.15, -0.1) is 11.3 Å². The number of benzene rings is 1. The molecule has 1 heterocycles. The maximum Gasteiger partial charge on any atom is 0.186 e. The van der Waals surface area contributed by atoms with Crippen molar-refractivity contribution in [3.05, 3.63) is 61.5 Å². The second-order valence-corrected chi connectivity index (χ2v) is 6.51. The Morgan fingerprint density at radius 1 is 1.32 bits per heavy atom. The van der Waals surface area contributed by atoms with Crippen molar-refractivity contribution in [3.8, 4) is 0 Å². The summed E-state index contributed by atoms with van der Waals surface area (Å²) in [4.78, 5) is 14.2. The maximum absolute atomic E-state index is 13.1. The molecule has 0 atom stereocenters. The van der Waals surface area contributed by atoms with Crippen molar-refractivity contribution in [3.63, 3.8) is 0 Å². The van der Waals surface area contributed by atoms with E-state index in [1.165, 1.54) is 12.1 Å². The van der Waals surface area contributed by atoms with Gasteiger partial charge < -0.3 is 0 Å². The highest BCUT2D eigenvalue weighted by atomic mass is 79.9. The summed E-state index contributed by atoms with van der Waals surface area (Å²) in [7, 11) is 0. The Balaban J connectivity index is 2.20. The van der Waals surface area contributed by atoms with Crippen LogP contribution >= 0.6 is 27.3 Å². The van der Waals surface area contributed by atoms with E-state index in [-0.39, 0.29) is 11.6 Å². The third-order valence-corrected chi connectivity index (χ3v) is 4.25. The fraction of sp³-hybridized carbons (Fsp3) is 0.133. The normalized spacial score (nSPS) is 11.2. The van der Waals surface area contributed by atoms with Gasteiger partial charge in [-0.2, -0.15) is 0 Å². The molecule has 19 heavy (non-hydrogen) atoms. The van der Waals surface area contributed by atoms with Crippen LogP contribution in [0.5, 0.6) is 0 Å².